The Hall–Kier alpha value is -1.95. The molecule has 96 valence electrons. The molecule has 0 spiro atoms. The Kier molecular flexibility index (Phi) is 3.88. The van der Waals surface area contributed by atoms with Crippen molar-refractivity contribution in [2.75, 3.05) is 13.2 Å². The zero-order chi connectivity index (χ0) is 13.0. The molecule has 0 radical (unpaired) electrons. The molecular formula is C12H13FN2O3. The Labute approximate surface area is 103 Å². The predicted octanol–water partition coefficient (Wildman–Crippen LogP) is 2.16. The van der Waals surface area contributed by atoms with E-state index in [-0.39, 0.29) is 17.2 Å². The molecule has 18 heavy (non-hydrogen) atoms. The second-order valence-electron chi connectivity index (χ2n) is 3.60. The van der Waals surface area contributed by atoms with Gasteiger partial charge in [0.05, 0.1) is 6.61 Å². The summed E-state index contributed by atoms with van der Waals surface area (Å²) < 4.78 is 23.6. The van der Waals surface area contributed by atoms with E-state index < -0.39 is 5.82 Å². The highest BCUT2D eigenvalue weighted by Gasteiger charge is 2.17. The molecule has 1 N–H and O–H groups in total. The van der Waals surface area contributed by atoms with Crippen LogP contribution in [0.15, 0.2) is 22.7 Å². The highest BCUT2D eigenvalue weighted by molar-refractivity contribution is 5.62. The maximum absolute atomic E-state index is 13.5. The molecule has 0 bridgehead atoms. The van der Waals surface area contributed by atoms with Gasteiger partial charge in [-0.1, -0.05) is 11.2 Å². The van der Waals surface area contributed by atoms with Crippen LogP contribution >= 0.6 is 0 Å². The first-order valence-electron chi connectivity index (χ1n) is 5.60. The van der Waals surface area contributed by atoms with Gasteiger partial charge in [-0.05, 0) is 19.1 Å². The molecule has 5 nitrogen and oxygen atoms in total. The van der Waals surface area contributed by atoms with Crippen LogP contribution < -0.4 is 0 Å². The van der Waals surface area contributed by atoms with Gasteiger partial charge in [0.1, 0.15) is 17.1 Å². The van der Waals surface area contributed by atoms with Crippen molar-refractivity contribution in [1.82, 2.24) is 10.1 Å². The molecule has 1 heterocycles. The Bertz CT molecular complexity index is 508. The number of benzene rings is 1. The van der Waals surface area contributed by atoms with Gasteiger partial charge in [0, 0.05) is 13.0 Å². The lowest BCUT2D eigenvalue weighted by atomic mass is 10.2. The smallest absolute Gasteiger partial charge is 0.264 e. The number of hydrogen-bond acceptors (Lipinski definition) is 5. The molecular weight excluding hydrogens is 239 g/mol. The zero-order valence-corrected chi connectivity index (χ0v) is 9.89. The number of aromatic hydroxyl groups is 1. The van der Waals surface area contributed by atoms with Crippen LogP contribution in [0, 0.1) is 5.82 Å². The van der Waals surface area contributed by atoms with Crippen LogP contribution in [-0.4, -0.2) is 28.5 Å². The second-order valence-corrected chi connectivity index (χ2v) is 3.60. The van der Waals surface area contributed by atoms with E-state index in [1.807, 2.05) is 6.92 Å². The third kappa shape index (κ3) is 2.65. The number of ether oxygens (including phenoxy) is 1. The minimum atomic E-state index is -0.602. The van der Waals surface area contributed by atoms with Crippen molar-refractivity contribution in [2.24, 2.45) is 0 Å². The van der Waals surface area contributed by atoms with Crippen LogP contribution in [0.1, 0.15) is 12.7 Å². The molecule has 0 saturated carbocycles. The molecule has 0 atom stereocenters. The topological polar surface area (TPSA) is 68.4 Å². The molecule has 0 fully saturated rings. The van der Waals surface area contributed by atoms with E-state index in [0.29, 0.717) is 25.5 Å². The van der Waals surface area contributed by atoms with Gasteiger partial charge in [-0.3, -0.25) is 0 Å². The highest BCUT2D eigenvalue weighted by atomic mass is 19.1. The lowest BCUT2D eigenvalue weighted by Gasteiger charge is -1.99. The first-order chi connectivity index (χ1) is 8.72. The average molecular weight is 252 g/mol. The van der Waals surface area contributed by atoms with Gasteiger partial charge in [0.2, 0.25) is 0 Å². The SMILES string of the molecule is CCOCCc1noc(-c2c(O)cccc2F)n1. The highest BCUT2D eigenvalue weighted by Crippen LogP contribution is 2.30. The summed E-state index contributed by atoms with van der Waals surface area (Å²) in [6.45, 7) is 2.97. The molecule has 1 aromatic heterocycles. The minimum absolute atomic E-state index is 0.0305. The molecule has 2 aromatic rings. The number of halogens is 1. The van der Waals surface area contributed by atoms with Gasteiger partial charge in [0.25, 0.3) is 5.89 Å². The summed E-state index contributed by atoms with van der Waals surface area (Å²) in [6, 6.07) is 3.99. The number of phenols is 1. The standard InChI is InChI=1S/C12H13FN2O3/c1-2-17-7-6-10-14-12(18-15-10)11-8(13)4-3-5-9(11)16/h3-5,16H,2,6-7H2,1H3. The minimum Gasteiger partial charge on any atom is -0.507 e. The number of nitrogens with zero attached hydrogens (tertiary/aromatic N) is 2. The summed E-state index contributed by atoms with van der Waals surface area (Å²) in [4.78, 5) is 4.02. The number of rotatable bonds is 5. The van der Waals surface area contributed by atoms with E-state index in [2.05, 4.69) is 10.1 Å². The van der Waals surface area contributed by atoms with Gasteiger partial charge >= 0.3 is 0 Å². The van der Waals surface area contributed by atoms with E-state index >= 15 is 0 Å². The Morgan fingerprint density at radius 1 is 1.44 bits per heavy atom. The normalized spacial score (nSPS) is 10.8. The van der Waals surface area contributed by atoms with Crippen LogP contribution in [-0.2, 0) is 11.2 Å². The molecule has 1 aromatic carbocycles. The van der Waals surface area contributed by atoms with E-state index in [0.717, 1.165) is 0 Å². The third-order valence-corrected chi connectivity index (χ3v) is 2.35. The Morgan fingerprint density at radius 2 is 2.28 bits per heavy atom. The fourth-order valence-electron chi connectivity index (χ4n) is 1.49. The molecule has 0 aliphatic carbocycles. The van der Waals surface area contributed by atoms with Crippen molar-refractivity contribution in [2.45, 2.75) is 13.3 Å². The zero-order valence-electron chi connectivity index (χ0n) is 9.89. The summed E-state index contributed by atoms with van der Waals surface area (Å²) in [5, 5.41) is 13.3. The lowest BCUT2D eigenvalue weighted by Crippen LogP contribution is -1.99. The van der Waals surface area contributed by atoms with Crippen molar-refractivity contribution in [1.29, 1.82) is 0 Å². The van der Waals surface area contributed by atoms with Crippen molar-refractivity contribution >= 4 is 0 Å². The summed E-state index contributed by atoms with van der Waals surface area (Å²) in [5.41, 5.74) is -0.0762. The molecule has 0 saturated heterocycles. The fourth-order valence-corrected chi connectivity index (χ4v) is 1.49. The van der Waals surface area contributed by atoms with Crippen molar-refractivity contribution in [3.8, 4) is 17.2 Å². The lowest BCUT2D eigenvalue weighted by molar-refractivity contribution is 0.149. The van der Waals surface area contributed by atoms with Crippen molar-refractivity contribution in [3.63, 3.8) is 0 Å². The first-order valence-corrected chi connectivity index (χ1v) is 5.60. The largest absolute Gasteiger partial charge is 0.507 e. The first kappa shape index (κ1) is 12.5. The molecule has 0 aliphatic rings. The van der Waals surface area contributed by atoms with Gasteiger partial charge in [-0.2, -0.15) is 4.98 Å². The van der Waals surface area contributed by atoms with Crippen LogP contribution in [0.25, 0.3) is 11.5 Å². The van der Waals surface area contributed by atoms with Crippen LogP contribution in [0.2, 0.25) is 0 Å². The summed E-state index contributed by atoms with van der Waals surface area (Å²) in [6.07, 6.45) is 0.479. The van der Waals surface area contributed by atoms with E-state index in [9.17, 15) is 9.50 Å². The van der Waals surface area contributed by atoms with Gasteiger partial charge in [-0.15, -0.1) is 0 Å². The van der Waals surface area contributed by atoms with Crippen molar-refractivity contribution < 1.29 is 18.8 Å². The number of phenolic OH excluding ortho intramolecular Hbond substituents is 1. The van der Waals surface area contributed by atoms with Gasteiger partial charge < -0.3 is 14.4 Å². The Morgan fingerprint density at radius 3 is 3.00 bits per heavy atom. The second kappa shape index (κ2) is 5.59. The summed E-state index contributed by atoms with van der Waals surface area (Å²) in [7, 11) is 0. The van der Waals surface area contributed by atoms with Crippen molar-refractivity contribution in [3.05, 3.63) is 29.8 Å². The van der Waals surface area contributed by atoms with E-state index in [1.165, 1.54) is 18.2 Å². The quantitative estimate of drug-likeness (QED) is 0.826. The van der Waals surface area contributed by atoms with Gasteiger partial charge in [0.15, 0.2) is 5.82 Å². The number of aromatic nitrogens is 2. The summed E-state index contributed by atoms with van der Waals surface area (Å²) >= 11 is 0. The predicted molar refractivity (Wildman–Crippen MR) is 61.6 cm³/mol. The third-order valence-electron chi connectivity index (χ3n) is 2.35. The van der Waals surface area contributed by atoms with E-state index in [1.54, 1.807) is 0 Å². The Balaban J connectivity index is 2.19. The van der Waals surface area contributed by atoms with E-state index in [4.69, 9.17) is 9.26 Å². The maximum atomic E-state index is 13.5. The van der Waals surface area contributed by atoms with Crippen LogP contribution in [0.5, 0.6) is 5.75 Å². The molecule has 0 amide bonds. The average Bonchev–Trinajstić information content (AvgIpc) is 2.78. The summed E-state index contributed by atoms with van der Waals surface area (Å²) in [5.74, 6) is -0.441. The molecule has 2 rings (SSSR count). The number of hydrogen-bond donors (Lipinski definition) is 1. The molecule has 6 heteroatoms. The van der Waals surface area contributed by atoms with Gasteiger partial charge in [-0.25, -0.2) is 4.39 Å². The fraction of sp³-hybridized carbons (Fsp3) is 0.333. The molecule has 0 unspecified atom stereocenters. The van der Waals surface area contributed by atoms with Crippen LogP contribution in [0.4, 0.5) is 4.39 Å². The molecule has 0 aliphatic heterocycles. The monoisotopic (exact) mass is 252 g/mol. The maximum Gasteiger partial charge on any atom is 0.264 e. The van der Waals surface area contributed by atoms with Crippen LogP contribution in [0.3, 0.4) is 0 Å².